The van der Waals surface area contributed by atoms with Gasteiger partial charge in [0, 0.05) is 13.1 Å². The standard InChI is InChI=1S/C15H16F3NO/c16-15(17,18)11-20-8-7-19-10-12-5-6-13-3-1-2-4-14(13)9-12/h1-6,9,19H,7-8,10-11H2. The first-order chi connectivity index (χ1) is 9.54. The normalized spacial score (nSPS) is 11.9. The van der Waals surface area contributed by atoms with Crippen molar-refractivity contribution in [2.45, 2.75) is 12.7 Å². The van der Waals surface area contributed by atoms with E-state index in [9.17, 15) is 13.2 Å². The Morgan fingerprint density at radius 3 is 2.50 bits per heavy atom. The predicted octanol–water partition coefficient (Wildman–Crippen LogP) is 3.51. The smallest absolute Gasteiger partial charge is 0.371 e. The van der Waals surface area contributed by atoms with Gasteiger partial charge < -0.3 is 10.1 Å². The Labute approximate surface area is 115 Å². The highest BCUT2D eigenvalue weighted by molar-refractivity contribution is 5.82. The molecule has 2 aromatic rings. The molecule has 0 aliphatic carbocycles. The van der Waals surface area contributed by atoms with Crippen LogP contribution in [0.2, 0.25) is 0 Å². The fraction of sp³-hybridized carbons (Fsp3) is 0.333. The second kappa shape index (κ2) is 6.72. The maximum Gasteiger partial charge on any atom is 0.411 e. The zero-order valence-electron chi connectivity index (χ0n) is 10.9. The molecule has 0 fully saturated rings. The number of rotatable bonds is 6. The fourth-order valence-electron chi connectivity index (χ4n) is 1.91. The molecular formula is C15H16F3NO. The monoisotopic (exact) mass is 283 g/mol. The molecule has 0 radical (unpaired) electrons. The van der Waals surface area contributed by atoms with E-state index in [2.05, 4.69) is 16.1 Å². The minimum absolute atomic E-state index is 0.0487. The quantitative estimate of drug-likeness (QED) is 0.819. The number of nitrogens with one attached hydrogen (secondary N) is 1. The van der Waals surface area contributed by atoms with Gasteiger partial charge in [0.15, 0.2) is 0 Å². The zero-order valence-corrected chi connectivity index (χ0v) is 10.9. The molecule has 0 bridgehead atoms. The molecule has 0 spiro atoms. The van der Waals surface area contributed by atoms with Crippen LogP contribution in [0.15, 0.2) is 42.5 Å². The lowest BCUT2D eigenvalue weighted by molar-refractivity contribution is -0.173. The van der Waals surface area contributed by atoms with E-state index in [4.69, 9.17) is 0 Å². The van der Waals surface area contributed by atoms with Gasteiger partial charge in [-0.1, -0.05) is 36.4 Å². The van der Waals surface area contributed by atoms with Crippen molar-refractivity contribution in [2.24, 2.45) is 0 Å². The predicted molar refractivity (Wildman–Crippen MR) is 72.5 cm³/mol. The van der Waals surface area contributed by atoms with Gasteiger partial charge in [-0.25, -0.2) is 0 Å². The maximum atomic E-state index is 11.8. The summed E-state index contributed by atoms with van der Waals surface area (Å²) in [5.41, 5.74) is 1.10. The Bertz CT molecular complexity index is 554. The molecule has 0 heterocycles. The maximum absolute atomic E-state index is 11.8. The molecule has 0 unspecified atom stereocenters. The van der Waals surface area contributed by atoms with Gasteiger partial charge in [0.05, 0.1) is 6.61 Å². The minimum atomic E-state index is -4.25. The van der Waals surface area contributed by atoms with Gasteiger partial charge >= 0.3 is 6.18 Å². The van der Waals surface area contributed by atoms with Gasteiger partial charge in [-0.15, -0.1) is 0 Å². The molecule has 0 aliphatic heterocycles. The number of ether oxygens (including phenoxy) is 1. The Kier molecular flexibility index (Phi) is 4.98. The molecule has 20 heavy (non-hydrogen) atoms. The molecule has 2 rings (SSSR count). The fourth-order valence-corrected chi connectivity index (χ4v) is 1.91. The second-order valence-electron chi connectivity index (χ2n) is 4.53. The molecule has 0 aliphatic rings. The number of halogens is 3. The Morgan fingerprint density at radius 1 is 1.00 bits per heavy atom. The summed E-state index contributed by atoms with van der Waals surface area (Å²) >= 11 is 0. The van der Waals surface area contributed by atoms with Crippen molar-refractivity contribution < 1.29 is 17.9 Å². The third-order valence-corrected chi connectivity index (χ3v) is 2.83. The largest absolute Gasteiger partial charge is 0.411 e. The summed E-state index contributed by atoms with van der Waals surface area (Å²) in [6, 6.07) is 14.1. The summed E-state index contributed by atoms with van der Waals surface area (Å²) in [4.78, 5) is 0. The van der Waals surface area contributed by atoms with Crippen molar-refractivity contribution in [3.8, 4) is 0 Å². The van der Waals surface area contributed by atoms with Crippen molar-refractivity contribution in [3.05, 3.63) is 48.0 Å². The number of alkyl halides is 3. The topological polar surface area (TPSA) is 21.3 Å². The van der Waals surface area contributed by atoms with Crippen molar-refractivity contribution in [2.75, 3.05) is 19.8 Å². The summed E-state index contributed by atoms with van der Waals surface area (Å²) in [7, 11) is 0. The zero-order chi connectivity index (χ0) is 14.4. The van der Waals surface area contributed by atoms with Gasteiger partial charge in [0.25, 0.3) is 0 Å². The summed E-state index contributed by atoms with van der Waals surface area (Å²) in [5, 5.41) is 5.38. The lowest BCUT2D eigenvalue weighted by atomic mass is 10.1. The van der Waals surface area contributed by atoms with Gasteiger partial charge in [-0.2, -0.15) is 13.2 Å². The van der Waals surface area contributed by atoms with Crippen molar-refractivity contribution in [1.82, 2.24) is 5.32 Å². The van der Waals surface area contributed by atoms with E-state index < -0.39 is 12.8 Å². The summed E-state index contributed by atoms with van der Waals surface area (Å²) < 4.78 is 40.0. The SMILES string of the molecule is FC(F)(F)COCCNCc1ccc2ccccc2c1. The number of benzene rings is 2. The first-order valence-corrected chi connectivity index (χ1v) is 6.37. The van der Waals surface area contributed by atoms with Crippen LogP contribution in [0.25, 0.3) is 10.8 Å². The first-order valence-electron chi connectivity index (χ1n) is 6.37. The third-order valence-electron chi connectivity index (χ3n) is 2.83. The molecule has 108 valence electrons. The highest BCUT2D eigenvalue weighted by atomic mass is 19.4. The van der Waals surface area contributed by atoms with E-state index in [1.54, 1.807) is 0 Å². The molecule has 0 amide bonds. The molecule has 0 saturated heterocycles. The summed E-state index contributed by atoms with van der Waals surface area (Å²) in [6.45, 7) is -0.138. The van der Waals surface area contributed by atoms with Crippen LogP contribution in [-0.2, 0) is 11.3 Å². The highest BCUT2D eigenvalue weighted by Gasteiger charge is 2.27. The van der Waals surface area contributed by atoms with Crippen LogP contribution >= 0.6 is 0 Å². The van der Waals surface area contributed by atoms with Crippen molar-refractivity contribution in [3.63, 3.8) is 0 Å². The van der Waals surface area contributed by atoms with Gasteiger partial charge in [-0.05, 0) is 22.4 Å². The summed E-state index contributed by atoms with van der Waals surface area (Å²) in [5.74, 6) is 0. The van der Waals surface area contributed by atoms with E-state index in [1.165, 1.54) is 5.39 Å². The Balaban J connectivity index is 1.73. The third kappa shape index (κ3) is 4.83. The van der Waals surface area contributed by atoms with E-state index >= 15 is 0 Å². The van der Waals surface area contributed by atoms with E-state index in [0.29, 0.717) is 13.1 Å². The van der Waals surface area contributed by atoms with Gasteiger partial charge in [0.2, 0.25) is 0 Å². The first kappa shape index (κ1) is 14.8. The molecule has 5 heteroatoms. The van der Waals surface area contributed by atoms with E-state index in [0.717, 1.165) is 10.9 Å². The average molecular weight is 283 g/mol. The van der Waals surface area contributed by atoms with Crippen LogP contribution in [0.3, 0.4) is 0 Å². The molecule has 0 saturated carbocycles. The summed E-state index contributed by atoms with van der Waals surface area (Å²) in [6.07, 6.45) is -4.25. The van der Waals surface area contributed by atoms with Crippen LogP contribution < -0.4 is 5.32 Å². The molecule has 1 N–H and O–H groups in total. The van der Waals surface area contributed by atoms with Crippen LogP contribution in [-0.4, -0.2) is 25.9 Å². The number of hydrogen-bond donors (Lipinski definition) is 1. The van der Waals surface area contributed by atoms with Crippen LogP contribution in [0.5, 0.6) is 0 Å². The van der Waals surface area contributed by atoms with Gasteiger partial charge in [-0.3, -0.25) is 0 Å². The average Bonchev–Trinajstić information content (AvgIpc) is 2.41. The molecule has 0 aromatic heterocycles. The number of fused-ring (bicyclic) bond motifs is 1. The van der Waals surface area contributed by atoms with Crippen LogP contribution in [0.4, 0.5) is 13.2 Å². The van der Waals surface area contributed by atoms with E-state index in [1.807, 2.05) is 36.4 Å². The Hall–Kier alpha value is -1.59. The Morgan fingerprint density at radius 2 is 1.75 bits per heavy atom. The minimum Gasteiger partial charge on any atom is -0.371 e. The lowest BCUT2D eigenvalue weighted by Gasteiger charge is -2.09. The van der Waals surface area contributed by atoms with Crippen LogP contribution in [0.1, 0.15) is 5.56 Å². The molecule has 2 aromatic carbocycles. The van der Waals surface area contributed by atoms with Gasteiger partial charge in [0.1, 0.15) is 6.61 Å². The highest BCUT2D eigenvalue weighted by Crippen LogP contribution is 2.15. The molecular weight excluding hydrogens is 267 g/mol. The van der Waals surface area contributed by atoms with Crippen molar-refractivity contribution in [1.29, 1.82) is 0 Å². The second-order valence-corrected chi connectivity index (χ2v) is 4.53. The van der Waals surface area contributed by atoms with E-state index in [-0.39, 0.29) is 6.61 Å². The molecule has 2 nitrogen and oxygen atoms in total. The lowest BCUT2D eigenvalue weighted by Crippen LogP contribution is -2.23. The molecule has 0 atom stereocenters. The van der Waals surface area contributed by atoms with Crippen molar-refractivity contribution >= 4 is 10.8 Å². The van der Waals surface area contributed by atoms with Crippen LogP contribution in [0, 0.1) is 0 Å². The number of hydrogen-bond acceptors (Lipinski definition) is 2.